The molecule has 0 saturated heterocycles. The molecule has 1 aliphatic heterocycles. The molecule has 0 spiro atoms. The van der Waals surface area contributed by atoms with Gasteiger partial charge in [0.2, 0.25) is 0 Å². The largest absolute Gasteiger partial charge is 0.492 e. The molecule has 0 fully saturated rings. The van der Waals surface area contributed by atoms with Crippen molar-refractivity contribution in [3.05, 3.63) is 77.9 Å². The minimum absolute atomic E-state index is 0.170. The number of ether oxygens (including phenoxy) is 2. The second kappa shape index (κ2) is 7.52. The quantitative estimate of drug-likeness (QED) is 0.538. The summed E-state index contributed by atoms with van der Waals surface area (Å²) in [5.74, 6) is 1.73. The maximum Gasteiger partial charge on any atom is 0.294 e. The first kappa shape index (κ1) is 17.7. The fourth-order valence-corrected chi connectivity index (χ4v) is 3.02. The van der Waals surface area contributed by atoms with Gasteiger partial charge in [-0.25, -0.2) is 0 Å². The molecule has 2 aromatic carbocycles. The van der Waals surface area contributed by atoms with E-state index in [2.05, 4.69) is 0 Å². The summed E-state index contributed by atoms with van der Waals surface area (Å²) in [5, 5.41) is 0. The van der Waals surface area contributed by atoms with Crippen molar-refractivity contribution in [3.63, 3.8) is 0 Å². The van der Waals surface area contributed by atoms with E-state index in [1.54, 1.807) is 47.6 Å². The lowest BCUT2D eigenvalue weighted by molar-refractivity contribution is -0.117. The highest BCUT2D eigenvalue weighted by molar-refractivity contribution is 6.09. The second-order valence-electron chi connectivity index (χ2n) is 6.47. The Morgan fingerprint density at radius 3 is 2.82 bits per heavy atom. The Hall–Kier alpha value is -3.67. The lowest BCUT2D eigenvalue weighted by Gasteiger charge is -2.30. The van der Waals surface area contributed by atoms with Crippen LogP contribution in [-0.4, -0.2) is 19.1 Å². The molecule has 2 N–H and O–H groups in total. The summed E-state index contributed by atoms with van der Waals surface area (Å²) >= 11 is 0. The molecule has 0 atom stereocenters. The molecular weight excluding hydrogens is 356 g/mol. The summed E-state index contributed by atoms with van der Waals surface area (Å²) in [6.07, 6.45) is 3.11. The van der Waals surface area contributed by atoms with E-state index in [4.69, 9.17) is 19.6 Å². The zero-order chi connectivity index (χ0) is 19.5. The average Bonchev–Trinajstić information content (AvgIpc) is 3.18. The molecular formula is C22H20N2O4. The van der Waals surface area contributed by atoms with Crippen LogP contribution in [0.3, 0.4) is 0 Å². The van der Waals surface area contributed by atoms with E-state index >= 15 is 0 Å². The summed E-state index contributed by atoms with van der Waals surface area (Å²) in [4.78, 5) is 14.6. The number of amides is 1. The van der Waals surface area contributed by atoms with E-state index in [-0.39, 0.29) is 11.7 Å². The average molecular weight is 376 g/mol. The zero-order valence-electron chi connectivity index (χ0n) is 15.4. The van der Waals surface area contributed by atoms with E-state index in [1.165, 1.54) is 0 Å². The number of nitrogens with zero attached hydrogens (tertiary/aromatic N) is 1. The topological polar surface area (TPSA) is 77.9 Å². The maximum atomic E-state index is 13.0. The summed E-state index contributed by atoms with van der Waals surface area (Å²) in [7, 11) is 0. The Kier molecular flexibility index (Phi) is 4.76. The van der Waals surface area contributed by atoms with Crippen molar-refractivity contribution in [3.8, 4) is 11.5 Å². The van der Waals surface area contributed by atoms with Crippen molar-refractivity contribution >= 4 is 23.4 Å². The van der Waals surface area contributed by atoms with Crippen LogP contribution < -0.4 is 20.1 Å². The van der Waals surface area contributed by atoms with Crippen molar-refractivity contribution in [2.45, 2.75) is 6.92 Å². The van der Waals surface area contributed by atoms with Crippen molar-refractivity contribution in [2.75, 3.05) is 23.8 Å². The van der Waals surface area contributed by atoms with Gasteiger partial charge in [0, 0.05) is 17.8 Å². The molecule has 0 unspecified atom stereocenters. The second-order valence-corrected chi connectivity index (χ2v) is 6.47. The molecule has 0 saturated carbocycles. The standard InChI is InChI=1S/C22H20N2O4/c1-15-4-2-5-17(12-15)27-11-9-24-19-8-7-16(23)13-20(19)28-21(22(24)25)14-18-6-3-10-26-18/h2-8,10,12-14H,9,11,23H2,1H3/b21-14+. The lowest BCUT2D eigenvalue weighted by atomic mass is 10.2. The molecule has 1 aromatic heterocycles. The monoisotopic (exact) mass is 376 g/mol. The highest BCUT2D eigenvalue weighted by Gasteiger charge is 2.30. The summed E-state index contributed by atoms with van der Waals surface area (Å²) in [6, 6.07) is 16.5. The highest BCUT2D eigenvalue weighted by Crippen LogP contribution is 2.37. The number of fused-ring (bicyclic) bond motifs is 1. The van der Waals surface area contributed by atoms with Gasteiger partial charge in [-0.3, -0.25) is 9.69 Å². The van der Waals surface area contributed by atoms with Gasteiger partial charge in [0.25, 0.3) is 5.91 Å². The van der Waals surface area contributed by atoms with Crippen LogP contribution in [0.5, 0.6) is 11.5 Å². The van der Waals surface area contributed by atoms with E-state index in [9.17, 15) is 4.79 Å². The third-order valence-electron chi connectivity index (χ3n) is 4.34. The number of aryl methyl sites for hydroxylation is 1. The van der Waals surface area contributed by atoms with Gasteiger partial charge in [-0.15, -0.1) is 0 Å². The lowest BCUT2D eigenvalue weighted by Crippen LogP contribution is -2.40. The predicted octanol–water partition coefficient (Wildman–Crippen LogP) is 4.02. The minimum atomic E-state index is -0.262. The molecule has 6 heteroatoms. The Morgan fingerprint density at radius 1 is 1.14 bits per heavy atom. The molecule has 1 amide bonds. The molecule has 0 radical (unpaired) electrons. The minimum Gasteiger partial charge on any atom is -0.492 e. The fraction of sp³-hybridized carbons (Fsp3) is 0.136. The third kappa shape index (κ3) is 3.71. The molecule has 142 valence electrons. The van der Waals surface area contributed by atoms with E-state index in [1.807, 2.05) is 31.2 Å². The number of hydrogen-bond acceptors (Lipinski definition) is 5. The van der Waals surface area contributed by atoms with E-state index < -0.39 is 0 Å². The van der Waals surface area contributed by atoms with Crippen LogP contribution in [0, 0.1) is 6.92 Å². The van der Waals surface area contributed by atoms with E-state index in [0.29, 0.717) is 36.0 Å². The van der Waals surface area contributed by atoms with Crippen LogP contribution in [0.2, 0.25) is 0 Å². The van der Waals surface area contributed by atoms with Gasteiger partial charge in [-0.1, -0.05) is 12.1 Å². The molecule has 1 aliphatic rings. The van der Waals surface area contributed by atoms with Crippen LogP contribution >= 0.6 is 0 Å². The zero-order valence-corrected chi connectivity index (χ0v) is 15.4. The Labute approximate surface area is 162 Å². The van der Waals surface area contributed by atoms with Gasteiger partial charge in [-0.2, -0.15) is 0 Å². The van der Waals surface area contributed by atoms with Crippen molar-refractivity contribution in [2.24, 2.45) is 0 Å². The number of rotatable bonds is 5. The van der Waals surface area contributed by atoms with Gasteiger partial charge < -0.3 is 19.6 Å². The summed E-state index contributed by atoms with van der Waals surface area (Å²) in [6.45, 7) is 2.71. The Bertz CT molecular complexity index is 1020. The fourth-order valence-electron chi connectivity index (χ4n) is 3.02. The molecule has 4 rings (SSSR count). The van der Waals surface area contributed by atoms with Crippen LogP contribution in [0.4, 0.5) is 11.4 Å². The number of nitrogens with two attached hydrogens (primary N) is 1. The SMILES string of the molecule is Cc1cccc(OCCN2C(=O)/C(=C\c3ccco3)Oc3cc(N)ccc32)c1. The first-order valence-corrected chi connectivity index (χ1v) is 8.94. The molecule has 2 heterocycles. The van der Waals surface area contributed by atoms with Crippen LogP contribution in [0.15, 0.2) is 71.0 Å². The van der Waals surface area contributed by atoms with Crippen molar-refractivity contribution < 1.29 is 18.7 Å². The Morgan fingerprint density at radius 2 is 2.04 bits per heavy atom. The molecule has 3 aromatic rings. The molecule has 0 bridgehead atoms. The highest BCUT2D eigenvalue weighted by atomic mass is 16.5. The maximum absolute atomic E-state index is 13.0. The summed E-state index contributed by atoms with van der Waals surface area (Å²) in [5.41, 5.74) is 8.22. The third-order valence-corrected chi connectivity index (χ3v) is 4.34. The summed E-state index contributed by atoms with van der Waals surface area (Å²) < 4.78 is 16.9. The molecule has 28 heavy (non-hydrogen) atoms. The Balaban J connectivity index is 1.58. The first-order valence-electron chi connectivity index (χ1n) is 8.94. The number of carbonyl (C=O) groups is 1. The van der Waals surface area contributed by atoms with Gasteiger partial charge in [0.05, 0.1) is 18.5 Å². The van der Waals surface area contributed by atoms with Gasteiger partial charge in [0.1, 0.15) is 18.1 Å². The van der Waals surface area contributed by atoms with E-state index in [0.717, 1.165) is 11.3 Å². The number of hydrogen-bond donors (Lipinski definition) is 1. The number of nitrogen functional groups attached to an aromatic ring is 1. The van der Waals surface area contributed by atoms with Gasteiger partial charge in [0.15, 0.2) is 11.5 Å². The van der Waals surface area contributed by atoms with Gasteiger partial charge in [-0.05, 0) is 48.9 Å². The van der Waals surface area contributed by atoms with Gasteiger partial charge >= 0.3 is 0 Å². The van der Waals surface area contributed by atoms with Crippen LogP contribution in [-0.2, 0) is 4.79 Å². The number of anilines is 2. The predicted molar refractivity (Wildman–Crippen MR) is 107 cm³/mol. The number of furan rings is 1. The smallest absolute Gasteiger partial charge is 0.294 e. The van der Waals surface area contributed by atoms with Crippen LogP contribution in [0.1, 0.15) is 11.3 Å². The molecule has 0 aliphatic carbocycles. The van der Waals surface area contributed by atoms with Crippen LogP contribution in [0.25, 0.3) is 6.08 Å². The normalized spacial score (nSPS) is 14.7. The van der Waals surface area contributed by atoms with Crippen molar-refractivity contribution in [1.29, 1.82) is 0 Å². The first-order chi connectivity index (χ1) is 13.6. The molecule has 6 nitrogen and oxygen atoms in total. The number of carbonyl (C=O) groups excluding carboxylic acids is 1. The number of benzene rings is 2. The van der Waals surface area contributed by atoms with Crippen molar-refractivity contribution in [1.82, 2.24) is 0 Å².